The summed E-state index contributed by atoms with van der Waals surface area (Å²) in [5.74, 6) is 1.56. The molecule has 1 fully saturated rings. The number of thiazole rings is 1. The molecule has 114 valence electrons. The SMILES string of the molecule is CC(C)C1CCN(C(=O)c2csc(CCN)n2)CC1.Cl. The zero-order chi connectivity index (χ0) is 13.8. The van der Waals surface area contributed by atoms with Crippen LogP contribution in [-0.4, -0.2) is 35.4 Å². The van der Waals surface area contributed by atoms with Gasteiger partial charge >= 0.3 is 0 Å². The molecule has 1 saturated heterocycles. The molecule has 0 atom stereocenters. The van der Waals surface area contributed by atoms with Crippen molar-refractivity contribution >= 4 is 29.7 Å². The Morgan fingerprint density at radius 3 is 2.70 bits per heavy atom. The van der Waals surface area contributed by atoms with Crippen molar-refractivity contribution in [3.05, 3.63) is 16.1 Å². The molecule has 0 aromatic carbocycles. The van der Waals surface area contributed by atoms with E-state index in [2.05, 4.69) is 18.8 Å². The molecule has 0 aliphatic carbocycles. The molecule has 6 heteroatoms. The number of likely N-dealkylation sites (tertiary alicyclic amines) is 1. The van der Waals surface area contributed by atoms with Crippen LogP contribution >= 0.6 is 23.7 Å². The summed E-state index contributed by atoms with van der Waals surface area (Å²) in [5, 5.41) is 2.82. The van der Waals surface area contributed by atoms with E-state index in [0.29, 0.717) is 18.2 Å². The number of halogens is 1. The summed E-state index contributed by atoms with van der Waals surface area (Å²) in [6.45, 7) is 6.85. The minimum atomic E-state index is 0. The van der Waals surface area contributed by atoms with Crippen LogP contribution in [0.15, 0.2) is 5.38 Å². The van der Waals surface area contributed by atoms with Crippen LogP contribution in [0.4, 0.5) is 0 Å². The van der Waals surface area contributed by atoms with E-state index < -0.39 is 0 Å². The molecule has 20 heavy (non-hydrogen) atoms. The van der Waals surface area contributed by atoms with E-state index in [-0.39, 0.29) is 18.3 Å². The zero-order valence-electron chi connectivity index (χ0n) is 12.2. The Morgan fingerprint density at radius 2 is 2.15 bits per heavy atom. The molecule has 0 radical (unpaired) electrons. The van der Waals surface area contributed by atoms with Crippen LogP contribution in [0.2, 0.25) is 0 Å². The lowest BCUT2D eigenvalue weighted by atomic mass is 9.87. The molecular formula is C14H24ClN3OS. The number of rotatable bonds is 4. The Kier molecular flexibility index (Phi) is 6.92. The van der Waals surface area contributed by atoms with Crippen LogP contribution in [0, 0.1) is 11.8 Å². The van der Waals surface area contributed by atoms with Gasteiger partial charge in [-0.3, -0.25) is 4.79 Å². The van der Waals surface area contributed by atoms with Gasteiger partial charge in [-0.05, 0) is 31.2 Å². The fourth-order valence-corrected chi connectivity index (χ4v) is 3.37. The van der Waals surface area contributed by atoms with E-state index in [4.69, 9.17) is 5.73 Å². The average Bonchev–Trinajstić information content (AvgIpc) is 2.87. The number of piperidine rings is 1. The van der Waals surface area contributed by atoms with Gasteiger partial charge in [-0.2, -0.15) is 0 Å². The number of nitrogens with two attached hydrogens (primary N) is 1. The first-order chi connectivity index (χ1) is 9.11. The van der Waals surface area contributed by atoms with Gasteiger partial charge in [-0.25, -0.2) is 4.98 Å². The van der Waals surface area contributed by atoms with E-state index in [1.165, 1.54) is 11.3 Å². The van der Waals surface area contributed by atoms with Gasteiger partial charge in [0.15, 0.2) is 0 Å². The summed E-state index contributed by atoms with van der Waals surface area (Å²) in [7, 11) is 0. The summed E-state index contributed by atoms with van der Waals surface area (Å²) in [4.78, 5) is 18.7. The van der Waals surface area contributed by atoms with Crippen LogP contribution in [0.1, 0.15) is 42.2 Å². The topological polar surface area (TPSA) is 59.2 Å². The second kappa shape index (κ2) is 7.96. The van der Waals surface area contributed by atoms with Crippen molar-refractivity contribution in [3.63, 3.8) is 0 Å². The van der Waals surface area contributed by atoms with Crippen molar-refractivity contribution in [1.29, 1.82) is 0 Å². The van der Waals surface area contributed by atoms with Gasteiger partial charge in [0.2, 0.25) is 0 Å². The highest BCUT2D eigenvalue weighted by molar-refractivity contribution is 7.09. The molecule has 1 aliphatic rings. The summed E-state index contributed by atoms with van der Waals surface area (Å²) < 4.78 is 0. The van der Waals surface area contributed by atoms with Crippen LogP contribution in [0.5, 0.6) is 0 Å². The van der Waals surface area contributed by atoms with Gasteiger partial charge in [0.1, 0.15) is 5.69 Å². The molecule has 2 heterocycles. The summed E-state index contributed by atoms with van der Waals surface area (Å²) in [6.07, 6.45) is 2.99. The predicted octanol–water partition coefficient (Wildman–Crippen LogP) is 2.57. The first-order valence-electron chi connectivity index (χ1n) is 7.05. The Morgan fingerprint density at radius 1 is 1.50 bits per heavy atom. The van der Waals surface area contributed by atoms with Crippen molar-refractivity contribution in [2.24, 2.45) is 17.6 Å². The summed E-state index contributed by atoms with van der Waals surface area (Å²) in [5.41, 5.74) is 6.10. The van der Waals surface area contributed by atoms with Crippen molar-refractivity contribution in [1.82, 2.24) is 9.88 Å². The largest absolute Gasteiger partial charge is 0.337 e. The second-order valence-corrected chi connectivity index (χ2v) is 6.48. The Hall–Kier alpha value is -0.650. The molecule has 1 aliphatic heterocycles. The highest BCUT2D eigenvalue weighted by Gasteiger charge is 2.26. The Labute approximate surface area is 131 Å². The van der Waals surface area contributed by atoms with E-state index in [9.17, 15) is 4.79 Å². The van der Waals surface area contributed by atoms with E-state index in [1.807, 2.05) is 10.3 Å². The first-order valence-corrected chi connectivity index (χ1v) is 7.93. The lowest BCUT2D eigenvalue weighted by Gasteiger charge is -2.33. The lowest BCUT2D eigenvalue weighted by Crippen LogP contribution is -2.39. The number of hydrogen-bond acceptors (Lipinski definition) is 4. The van der Waals surface area contributed by atoms with Crippen LogP contribution < -0.4 is 5.73 Å². The minimum absolute atomic E-state index is 0. The fraction of sp³-hybridized carbons (Fsp3) is 0.714. The number of hydrogen-bond donors (Lipinski definition) is 1. The predicted molar refractivity (Wildman–Crippen MR) is 85.6 cm³/mol. The maximum Gasteiger partial charge on any atom is 0.273 e. The number of amides is 1. The van der Waals surface area contributed by atoms with Gasteiger partial charge in [-0.15, -0.1) is 23.7 Å². The van der Waals surface area contributed by atoms with E-state index in [0.717, 1.165) is 43.3 Å². The van der Waals surface area contributed by atoms with E-state index in [1.54, 1.807) is 0 Å². The van der Waals surface area contributed by atoms with Crippen molar-refractivity contribution in [2.45, 2.75) is 33.1 Å². The normalized spacial score (nSPS) is 16.3. The minimum Gasteiger partial charge on any atom is -0.337 e. The van der Waals surface area contributed by atoms with Crippen molar-refractivity contribution in [3.8, 4) is 0 Å². The quantitative estimate of drug-likeness (QED) is 0.928. The molecule has 2 rings (SSSR count). The van der Waals surface area contributed by atoms with Crippen LogP contribution in [0.3, 0.4) is 0 Å². The molecule has 0 bridgehead atoms. The third-order valence-electron chi connectivity index (χ3n) is 3.90. The molecule has 0 unspecified atom stereocenters. The summed E-state index contributed by atoms with van der Waals surface area (Å²) >= 11 is 1.53. The number of carbonyl (C=O) groups is 1. The maximum absolute atomic E-state index is 12.3. The standard InChI is InChI=1S/C14H23N3OS.ClH/c1-10(2)11-4-7-17(8-5-11)14(18)12-9-19-13(16-12)3-6-15;/h9-11H,3-8,15H2,1-2H3;1H. The molecule has 1 aromatic rings. The Bertz CT molecular complexity index is 428. The molecule has 0 spiro atoms. The zero-order valence-corrected chi connectivity index (χ0v) is 13.8. The second-order valence-electron chi connectivity index (χ2n) is 5.54. The summed E-state index contributed by atoms with van der Waals surface area (Å²) in [6, 6.07) is 0. The molecule has 1 amide bonds. The Balaban J connectivity index is 0.00000200. The van der Waals surface area contributed by atoms with Gasteiger partial charge in [0, 0.05) is 24.9 Å². The lowest BCUT2D eigenvalue weighted by molar-refractivity contribution is 0.0662. The number of aromatic nitrogens is 1. The monoisotopic (exact) mass is 317 g/mol. The molecule has 1 aromatic heterocycles. The first kappa shape index (κ1) is 17.4. The van der Waals surface area contributed by atoms with Crippen molar-refractivity contribution in [2.75, 3.05) is 19.6 Å². The fourth-order valence-electron chi connectivity index (χ4n) is 2.58. The van der Waals surface area contributed by atoms with Crippen LogP contribution in [0.25, 0.3) is 0 Å². The molecule has 4 nitrogen and oxygen atoms in total. The van der Waals surface area contributed by atoms with Gasteiger partial charge in [-0.1, -0.05) is 13.8 Å². The van der Waals surface area contributed by atoms with Crippen molar-refractivity contribution < 1.29 is 4.79 Å². The molecular weight excluding hydrogens is 294 g/mol. The van der Waals surface area contributed by atoms with Crippen LogP contribution in [-0.2, 0) is 6.42 Å². The molecule has 2 N–H and O–H groups in total. The van der Waals surface area contributed by atoms with Gasteiger partial charge in [0.25, 0.3) is 5.91 Å². The average molecular weight is 318 g/mol. The van der Waals surface area contributed by atoms with Gasteiger partial charge < -0.3 is 10.6 Å². The number of carbonyl (C=O) groups excluding carboxylic acids is 1. The molecule has 0 saturated carbocycles. The van der Waals surface area contributed by atoms with E-state index >= 15 is 0 Å². The highest BCUT2D eigenvalue weighted by Crippen LogP contribution is 2.25. The highest BCUT2D eigenvalue weighted by atomic mass is 35.5. The van der Waals surface area contributed by atoms with Gasteiger partial charge in [0.05, 0.1) is 5.01 Å². The third-order valence-corrected chi connectivity index (χ3v) is 4.81. The maximum atomic E-state index is 12.3. The third kappa shape index (κ3) is 4.17. The smallest absolute Gasteiger partial charge is 0.273 e. The number of nitrogens with zero attached hydrogens (tertiary/aromatic N) is 2.